The Kier molecular flexibility index (Phi) is 4.15. The molecule has 2 aromatic rings. The van der Waals surface area contributed by atoms with Crippen LogP contribution in [0.15, 0.2) is 29.9 Å². The summed E-state index contributed by atoms with van der Waals surface area (Å²) in [4.78, 5) is 23.7. The normalized spacial score (nSPS) is 18.5. The smallest absolute Gasteiger partial charge is 0.265 e. The number of thiazole rings is 1. The standard InChI is InChI=1S/C15H18N4OS/c1-16-14-6-2-5-12(18-14)11-4-3-7-19(9-11)15(20)13-8-17-10-21-13/h2,5-6,8,10-11H,3-4,7,9H2,1H3,(H,16,18)/t11-/m0/s1. The van der Waals surface area contributed by atoms with Gasteiger partial charge in [0.1, 0.15) is 10.7 Å². The molecule has 1 fully saturated rings. The number of pyridine rings is 1. The van der Waals surface area contributed by atoms with Gasteiger partial charge in [0.2, 0.25) is 0 Å². The number of anilines is 1. The number of nitrogens with zero attached hydrogens (tertiary/aromatic N) is 3. The number of rotatable bonds is 3. The van der Waals surface area contributed by atoms with E-state index in [1.807, 2.05) is 30.1 Å². The van der Waals surface area contributed by atoms with E-state index in [1.165, 1.54) is 11.3 Å². The fourth-order valence-electron chi connectivity index (χ4n) is 2.70. The van der Waals surface area contributed by atoms with Crippen molar-refractivity contribution >= 4 is 23.1 Å². The van der Waals surface area contributed by atoms with E-state index < -0.39 is 0 Å². The Bertz CT molecular complexity index is 614. The van der Waals surface area contributed by atoms with E-state index in [0.29, 0.717) is 10.8 Å². The summed E-state index contributed by atoms with van der Waals surface area (Å²) in [6.45, 7) is 1.55. The summed E-state index contributed by atoms with van der Waals surface area (Å²) in [7, 11) is 1.87. The van der Waals surface area contributed by atoms with Crippen LogP contribution in [0.2, 0.25) is 0 Å². The summed E-state index contributed by atoms with van der Waals surface area (Å²) in [6, 6.07) is 6.01. The second-order valence-electron chi connectivity index (χ2n) is 5.15. The maximum absolute atomic E-state index is 12.4. The maximum Gasteiger partial charge on any atom is 0.265 e. The van der Waals surface area contributed by atoms with Gasteiger partial charge in [0, 0.05) is 31.7 Å². The highest BCUT2D eigenvalue weighted by atomic mass is 32.1. The molecule has 2 aromatic heterocycles. The first-order valence-electron chi connectivity index (χ1n) is 7.10. The highest BCUT2D eigenvalue weighted by Gasteiger charge is 2.26. The zero-order valence-corrected chi connectivity index (χ0v) is 12.8. The molecule has 1 aliphatic rings. The number of likely N-dealkylation sites (tertiary alicyclic amines) is 1. The molecule has 21 heavy (non-hydrogen) atoms. The quantitative estimate of drug-likeness (QED) is 0.947. The van der Waals surface area contributed by atoms with Gasteiger partial charge in [-0.2, -0.15) is 0 Å². The van der Waals surface area contributed by atoms with Crippen LogP contribution in [0.3, 0.4) is 0 Å². The van der Waals surface area contributed by atoms with E-state index >= 15 is 0 Å². The molecule has 1 atom stereocenters. The summed E-state index contributed by atoms with van der Waals surface area (Å²) in [5, 5.41) is 3.06. The minimum Gasteiger partial charge on any atom is -0.373 e. The SMILES string of the molecule is CNc1cccc([C@H]2CCCN(C(=O)c3cncs3)C2)n1. The number of hydrogen-bond acceptors (Lipinski definition) is 5. The molecule has 6 heteroatoms. The molecule has 0 aromatic carbocycles. The molecule has 1 aliphatic heterocycles. The lowest BCUT2D eigenvalue weighted by Crippen LogP contribution is -2.39. The molecule has 3 heterocycles. The van der Waals surface area contributed by atoms with Crippen molar-refractivity contribution in [3.05, 3.63) is 40.5 Å². The van der Waals surface area contributed by atoms with Gasteiger partial charge in [0.25, 0.3) is 5.91 Å². The van der Waals surface area contributed by atoms with Crippen LogP contribution in [0.25, 0.3) is 0 Å². The topological polar surface area (TPSA) is 58.1 Å². The van der Waals surface area contributed by atoms with Crippen molar-refractivity contribution in [3.8, 4) is 0 Å². The third-order valence-corrected chi connectivity index (χ3v) is 4.56. The maximum atomic E-state index is 12.4. The molecular formula is C15H18N4OS. The Hall–Kier alpha value is -1.95. The molecule has 0 spiro atoms. The minimum atomic E-state index is 0.0898. The number of carbonyl (C=O) groups excluding carboxylic acids is 1. The van der Waals surface area contributed by atoms with Crippen molar-refractivity contribution < 1.29 is 4.79 Å². The molecule has 0 aliphatic carbocycles. The Morgan fingerprint density at radius 3 is 3.14 bits per heavy atom. The van der Waals surface area contributed by atoms with Crippen LogP contribution in [0, 0.1) is 0 Å². The lowest BCUT2D eigenvalue weighted by atomic mass is 9.94. The van der Waals surface area contributed by atoms with Gasteiger partial charge in [-0.15, -0.1) is 11.3 Å². The largest absolute Gasteiger partial charge is 0.373 e. The Labute approximate surface area is 128 Å². The first kappa shape index (κ1) is 14.0. The average Bonchev–Trinajstić information content (AvgIpc) is 3.09. The van der Waals surface area contributed by atoms with Gasteiger partial charge in [-0.05, 0) is 25.0 Å². The summed E-state index contributed by atoms with van der Waals surface area (Å²) in [6.07, 6.45) is 3.74. The highest BCUT2D eigenvalue weighted by Crippen LogP contribution is 2.27. The van der Waals surface area contributed by atoms with Gasteiger partial charge < -0.3 is 10.2 Å². The Morgan fingerprint density at radius 1 is 1.48 bits per heavy atom. The van der Waals surface area contributed by atoms with Crippen molar-refractivity contribution in [3.63, 3.8) is 0 Å². The van der Waals surface area contributed by atoms with Crippen molar-refractivity contribution in [1.82, 2.24) is 14.9 Å². The van der Waals surface area contributed by atoms with Gasteiger partial charge in [-0.1, -0.05) is 6.07 Å². The molecule has 110 valence electrons. The summed E-state index contributed by atoms with van der Waals surface area (Å²) in [5.41, 5.74) is 2.76. The van der Waals surface area contributed by atoms with Gasteiger partial charge in [-0.3, -0.25) is 9.78 Å². The molecule has 3 rings (SSSR count). The van der Waals surface area contributed by atoms with Gasteiger partial charge in [-0.25, -0.2) is 4.98 Å². The minimum absolute atomic E-state index is 0.0898. The van der Waals surface area contributed by atoms with Gasteiger partial charge in [0.05, 0.1) is 11.7 Å². The summed E-state index contributed by atoms with van der Waals surface area (Å²) in [5.74, 6) is 1.27. The first-order chi connectivity index (χ1) is 10.3. The molecule has 1 saturated heterocycles. The number of amides is 1. The van der Waals surface area contributed by atoms with Crippen LogP contribution in [-0.2, 0) is 0 Å². The fourth-order valence-corrected chi connectivity index (χ4v) is 3.29. The molecule has 1 N–H and O–H groups in total. The molecular weight excluding hydrogens is 284 g/mol. The van der Waals surface area contributed by atoms with E-state index in [2.05, 4.69) is 15.3 Å². The molecule has 0 bridgehead atoms. The third-order valence-electron chi connectivity index (χ3n) is 3.80. The van der Waals surface area contributed by atoms with E-state index in [-0.39, 0.29) is 5.91 Å². The van der Waals surface area contributed by atoms with E-state index in [4.69, 9.17) is 0 Å². The van der Waals surface area contributed by atoms with Gasteiger partial charge in [0.15, 0.2) is 0 Å². The third kappa shape index (κ3) is 3.05. The molecule has 5 nitrogen and oxygen atoms in total. The monoisotopic (exact) mass is 302 g/mol. The van der Waals surface area contributed by atoms with Crippen LogP contribution in [0.1, 0.15) is 34.1 Å². The van der Waals surface area contributed by atoms with Crippen molar-refractivity contribution in [2.75, 3.05) is 25.5 Å². The van der Waals surface area contributed by atoms with Crippen LogP contribution in [0.4, 0.5) is 5.82 Å². The number of aromatic nitrogens is 2. The molecule has 0 radical (unpaired) electrons. The second kappa shape index (κ2) is 6.22. The number of nitrogens with one attached hydrogen (secondary N) is 1. The number of piperidine rings is 1. The van der Waals surface area contributed by atoms with Crippen molar-refractivity contribution in [1.29, 1.82) is 0 Å². The highest BCUT2D eigenvalue weighted by molar-refractivity contribution is 7.11. The van der Waals surface area contributed by atoms with Gasteiger partial charge >= 0.3 is 0 Å². The van der Waals surface area contributed by atoms with Crippen LogP contribution in [0.5, 0.6) is 0 Å². The van der Waals surface area contributed by atoms with E-state index in [1.54, 1.807) is 11.7 Å². The predicted molar refractivity (Wildman–Crippen MR) is 83.8 cm³/mol. The van der Waals surface area contributed by atoms with Crippen LogP contribution in [-0.4, -0.2) is 40.9 Å². The van der Waals surface area contributed by atoms with Crippen molar-refractivity contribution in [2.45, 2.75) is 18.8 Å². The lowest BCUT2D eigenvalue weighted by Gasteiger charge is -2.32. The lowest BCUT2D eigenvalue weighted by molar-refractivity contribution is 0.0710. The average molecular weight is 302 g/mol. The first-order valence-corrected chi connectivity index (χ1v) is 7.98. The second-order valence-corrected chi connectivity index (χ2v) is 6.04. The van der Waals surface area contributed by atoms with E-state index in [9.17, 15) is 4.79 Å². The summed E-state index contributed by atoms with van der Waals surface area (Å²) >= 11 is 1.40. The summed E-state index contributed by atoms with van der Waals surface area (Å²) < 4.78 is 0. The zero-order valence-electron chi connectivity index (χ0n) is 12.0. The molecule has 0 unspecified atom stereocenters. The number of carbonyl (C=O) groups is 1. The Balaban J connectivity index is 1.75. The Morgan fingerprint density at radius 2 is 2.38 bits per heavy atom. The fraction of sp³-hybridized carbons (Fsp3) is 0.400. The van der Waals surface area contributed by atoms with Crippen molar-refractivity contribution in [2.24, 2.45) is 0 Å². The number of hydrogen-bond donors (Lipinski definition) is 1. The predicted octanol–water partition coefficient (Wildman–Crippen LogP) is 2.60. The van der Waals surface area contributed by atoms with E-state index in [0.717, 1.165) is 37.4 Å². The zero-order chi connectivity index (χ0) is 14.7. The molecule has 1 amide bonds. The molecule has 0 saturated carbocycles. The van der Waals surface area contributed by atoms with Crippen LogP contribution >= 0.6 is 11.3 Å². The van der Waals surface area contributed by atoms with Crippen LogP contribution < -0.4 is 5.32 Å².